The maximum Gasteiger partial charge on any atom is 0.226 e. The quantitative estimate of drug-likeness (QED) is 0.710. The van der Waals surface area contributed by atoms with Crippen LogP contribution in [0.2, 0.25) is 5.28 Å². The fourth-order valence-electron chi connectivity index (χ4n) is 1.44. The van der Waals surface area contributed by atoms with Crippen molar-refractivity contribution in [1.29, 1.82) is 0 Å². The first-order chi connectivity index (χ1) is 8.33. The van der Waals surface area contributed by atoms with Gasteiger partial charge in [-0.15, -0.1) is 0 Å². The number of imidazole rings is 1. The molecule has 6 nitrogen and oxygen atoms in total. The number of nitrogens with one attached hydrogen (secondary N) is 2. The van der Waals surface area contributed by atoms with Gasteiger partial charge in [-0.25, -0.2) is 9.36 Å². The zero-order chi connectivity index (χ0) is 11.7. The van der Waals surface area contributed by atoms with Crippen LogP contribution in [0.4, 0.5) is 5.82 Å². The van der Waals surface area contributed by atoms with Gasteiger partial charge in [-0.05, 0) is 29.2 Å². The van der Waals surface area contributed by atoms with Crippen LogP contribution in [0.5, 0.6) is 0 Å². The third-order valence-electron chi connectivity index (χ3n) is 2.18. The van der Waals surface area contributed by atoms with E-state index in [9.17, 15) is 0 Å². The number of H-pyrrole nitrogens is 1. The SMILES string of the molecule is Clc1nc(NCc2ccns2)c2[nH]cnc2n1. The molecule has 0 saturated heterocycles. The summed E-state index contributed by atoms with van der Waals surface area (Å²) in [5.41, 5.74) is 1.30. The van der Waals surface area contributed by atoms with Crippen molar-refractivity contribution in [2.75, 3.05) is 5.32 Å². The third-order valence-corrected chi connectivity index (χ3v) is 3.09. The van der Waals surface area contributed by atoms with Crippen LogP contribution >= 0.6 is 23.1 Å². The Morgan fingerprint density at radius 2 is 2.35 bits per heavy atom. The van der Waals surface area contributed by atoms with Crippen LogP contribution in [0.25, 0.3) is 11.2 Å². The van der Waals surface area contributed by atoms with E-state index in [-0.39, 0.29) is 5.28 Å². The molecule has 86 valence electrons. The van der Waals surface area contributed by atoms with Crippen molar-refractivity contribution >= 4 is 40.1 Å². The molecule has 8 heteroatoms. The highest BCUT2D eigenvalue weighted by Crippen LogP contribution is 2.19. The molecule has 3 aromatic rings. The molecule has 0 atom stereocenters. The molecule has 0 radical (unpaired) electrons. The van der Waals surface area contributed by atoms with Crippen molar-refractivity contribution in [3.63, 3.8) is 0 Å². The first kappa shape index (κ1) is 10.4. The van der Waals surface area contributed by atoms with Crippen LogP contribution in [-0.4, -0.2) is 24.3 Å². The van der Waals surface area contributed by atoms with E-state index in [1.807, 2.05) is 6.07 Å². The van der Waals surface area contributed by atoms with Crippen LogP contribution in [0, 0.1) is 0 Å². The molecule has 3 heterocycles. The van der Waals surface area contributed by atoms with Gasteiger partial charge in [0.25, 0.3) is 0 Å². The molecule has 0 amide bonds. The largest absolute Gasteiger partial charge is 0.363 e. The van der Waals surface area contributed by atoms with Crippen LogP contribution < -0.4 is 5.32 Å². The predicted octanol–water partition coefficient (Wildman–Crippen LogP) is 2.07. The van der Waals surface area contributed by atoms with Crippen molar-refractivity contribution in [2.24, 2.45) is 0 Å². The summed E-state index contributed by atoms with van der Waals surface area (Å²) in [6.45, 7) is 0.645. The summed E-state index contributed by atoms with van der Waals surface area (Å²) >= 11 is 7.25. The average Bonchev–Trinajstić information content (AvgIpc) is 2.95. The van der Waals surface area contributed by atoms with E-state index in [1.165, 1.54) is 11.5 Å². The van der Waals surface area contributed by atoms with Gasteiger partial charge in [0.2, 0.25) is 5.28 Å². The van der Waals surface area contributed by atoms with Gasteiger partial charge in [0.05, 0.1) is 12.9 Å². The van der Waals surface area contributed by atoms with E-state index in [1.54, 1.807) is 12.5 Å². The fourth-order valence-corrected chi connectivity index (χ4v) is 2.12. The summed E-state index contributed by atoms with van der Waals surface area (Å²) in [5, 5.41) is 3.36. The summed E-state index contributed by atoms with van der Waals surface area (Å²) < 4.78 is 4.03. The summed E-state index contributed by atoms with van der Waals surface area (Å²) in [6, 6.07) is 1.95. The number of aromatic nitrogens is 5. The molecule has 0 aliphatic rings. The molecule has 17 heavy (non-hydrogen) atoms. The summed E-state index contributed by atoms with van der Waals surface area (Å²) in [4.78, 5) is 16.3. The van der Waals surface area contributed by atoms with E-state index in [0.717, 1.165) is 10.4 Å². The number of rotatable bonds is 3. The molecular weight excluding hydrogens is 260 g/mol. The van der Waals surface area contributed by atoms with E-state index >= 15 is 0 Å². The Bertz CT molecular complexity index is 634. The van der Waals surface area contributed by atoms with E-state index in [0.29, 0.717) is 18.0 Å². The van der Waals surface area contributed by atoms with Crippen molar-refractivity contribution < 1.29 is 0 Å². The van der Waals surface area contributed by atoms with Crippen molar-refractivity contribution in [1.82, 2.24) is 24.3 Å². The van der Waals surface area contributed by atoms with Gasteiger partial charge < -0.3 is 10.3 Å². The lowest BCUT2D eigenvalue weighted by atomic mass is 10.4. The van der Waals surface area contributed by atoms with Gasteiger partial charge in [0.15, 0.2) is 11.5 Å². The minimum atomic E-state index is 0.177. The molecule has 2 N–H and O–H groups in total. The first-order valence-electron chi connectivity index (χ1n) is 4.83. The first-order valence-corrected chi connectivity index (χ1v) is 5.98. The van der Waals surface area contributed by atoms with Crippen molar-refractivity contribution in [3.05, 3.63) is 28.8 Å². The second-order valence-electron chi connectivity index (χ2n) is 3.27. The maximum atomic E-state index is 5.82. The number of aromatic amines is 1. The Labute approximate surface area is 105 Å². The zero-order valence-electron chi connectivity index (χ0n) is 8.51. The highest BCUT2D eigenvalue weighted by atomic mass is 35.5. The smallest absolute Gasteiger partial charge is 0.226 e. The second-order valence-corrected chi connectivity index (χ2v) is 4.53. The minimum Gasteiger partial charge on any atom is -0.363 e. The molecule has 0 aliphatic heterocycles. The highest BCUT2D eigenvalue weighted by molar-refractivity contribution is 7.05. The highest BCUT2D eigenvalue weighted by Gasteiger charge is 2.08. The second kappa shape index (κ2) is 4.27. The van der Waals surface area contributed by atoms with Gasteiger partial charge in [-0.3, -0.25) is 0 Å². The molecule has 0 aliphatic carbocycles. The lowest BCUT2D eigenvalue weighted by Gasteiger charge is -2.04. The Kier molecular flexibility index (Phi) is 2.62. The van der Waals surface area contributed by atoms with E-state index in [2.05, 4.69) is 29.6 Å². The molecule has 0 spiro atoms. The fraction of sp³-hybridized carbons (Fsp3) is 0.111. The Morgan fingerprint density at radius 1 is 1.41 bits per heavy atom. The monoisotopic (exact) mass is 266 g/mol. The molecule has 0 unspecified atom stereocenters. The average molecular weight is 267 g/mol. The van der Waals surface area contributed by atoms with Crippen molar-refractivity contribution in [2.45, 2.75) is 6.54 Å². The minimum absolute atomic E-state index is 0.177. The van der Waals surface area contributed by atoms with Gasteiger partial charge in [0.1, 0.15) is 5.52 Å². The number of halogens is 1. The maximum absolute atomic E-state index is 5.82. The molecule has 0 fully saturated rings. The van der Waals surface area contributed by atoms with Gasteiger partial charge >= 0.3 is 0 Å². The van der Waals surface area contributed by atoms with Gasteiger partial charge in [-0.2, -0.15) is 9.97 Å². The van der Waals surface area contributed by atoms with Crippen LogP contribution in [-0.2, 0) is 6.54 Å². The molecule has 3 aromatic heterocycles. The molecule has 0 saturated carbocycles. The Hall–Kier alpha value is -1.73. The standard InChI is InChI=1S/C9H7ClN6S/c10-9-15-7(6-8(16-9)13-4-12-6)11-3-5-1-2-14-17-5/h1-2,4H,3H2,(H2,11,12,13,15,16). The van der Waals surface area contributed by atoms with Crippen LogP contribution in [0.15, 0.2) is 18.6 Å². The van der Waals surface area contributed by atoms with Gasteiger partial charge in [-0.1, -0.05) is 0 Å². The van der Waals surface area contributed by atoms with Crippen molar-refractivity contribution in [3.8, 4) is 0 Å². The van der Waals surface area contributed by atoms with Crippen LogP contribution in [0.3, 0.4) is 0 Å². The third kappa shape index (κ3) is 2.06. The van der Waals surface area contributed by atoms with E-state index < -0.39 is 0 Å². The lowest BCUT2D eigenvalue weighted by Crippen LogP contribution is -2.01. The number of anilines is 1. The number of fused-ring (bicyclic) bond motifs is 1. The summed E-state index contributed by atoms with van der Waals surface area (Å²) in [6.07, 6.45) is 3.33. The number of nitrogens with zero attached hydrogens (tertiary/aromatic N) is 4. The number of hydrogen-bond donors (Lipinski definition) is 2. The van der Waals surface area contributed by atoms with Crippen LogP contribution in [0.1, 0.15) is 4.88 Å². The lowest BCUT2D eigenvalue weighted by molar-refractivity contribution is 1.12. The molecular formula is C9H7ClN6S. The topological polar surface area (TPSA) is 79.4 Å². The molecule has 0 bridgehead atoms. The Balaban J connectivity index is 1.91. The predicted molar refractivity (Wildman–Crippen MR) is 66.1 cm³/mol. The molecule has 3 rings (SSSR count). The normalized spacial score (nSPS) is 10.9. The van der Waals surface area contributed by atoms with E-state index in [4.69, 9.17) is 11.6 Å². The Morgan fingerprint density at radius 3 is 3.18 bits per heavy atom. The summed E-state index contributed by atoms with van der Waals surface area (Å²) in [5.74, 6) is 0.644. The number of hydrogen-bond acceptors (Lipinski definition) is 6. The summed E-state index contributed by atoms with van der Waals surface area (Å²) in [7, 11) is 0. The van der Waals surface area contributed by atoms with Gasteiger partial charge in [0, 0.05) is 11.1 Å². The zero-order valence-corrected chi connectivity index (χ0v) is 10.1. The molecule has 0 aromatic carbocycles.